The molecule has 0 aliphatic heterocycles. The van der Waals surface area contributed by atoms with Gasteiger partial charge in [0.1, 0.15) is 0 Å². The minimum Gasteiger partial charge on any atom is -0.262 e. The summed E-state index contributed by atoms with van der Waals surface area (Å²) in [6, 6.07) is 0. The summed E-state index contributed by atoms with van der Waals surface area (Å²) in [5.41, 5.74) is 1.76. The maximum atomic E-state index is 3.91. The van der Waals surface area contributed by atoms with Crippen LogP contribution in [0.15, 0.2) is 29.4 Å². The van der Waals surface area contributed by atoms with E-state index in [9.17, 15) is 0 Å². The summed E-state index contributed by atoms with van der Waals surface area (Å²) in [6.07, 6.45) is 1.70. The smallest absolute Gasteiger partial charge is 0.0301 e. The molecule has 0 atom stereocenters. The van der Waals surface area contributed by atoms with Gasteiger partial charge >= 0.3 is 0 Å². The lowest BCUT2D eigenvalue weighted by Crippen LogP contribution is -1.72. The lowest BCUT2D eigenvalue weighted by atomic mass is 10.4. The van der Waals surface area contributed by atoms with E-state index >= 15 is 0 Å². The van der Waals surface area contributed by atoms with E-state index in [2.05, 4.69) is 18.2 Å². The Balaban J connectivity index is -0.000000175. The van der Waals surface area contributed by atoms with E-state index in [0.717, 1.165) is 11.3 Å². The van der Waals surface area contributed by atoms with Crippen molar-refractivity contribution in [2.75, 3.05) is 0 Å². The molecule has 0 fully saturated rings. The van der Waals surface area contributed by atoms with E-state index in [1.165, 1.54) is 0 Å². The zero-order valence-electron chi connectivity index (χ0n) is 9.44. The summed E-state index contributed by atoms with van der Waals surface area (Å²) in [6.45, 7) is 19.0. The molecule has 0 aromatic heterocycles. The molecule has 0 aliphatic carbocycles. The van der Waals surface area contributed by atoms with Gasteiger partial charge in [-0.05, 0) is 19.4 Å². The fourth-order valence-corrected chi connectivity index (χ4v) is 0.220. The molecular formula is C11H23N. The third kappa shape index (κ3) is 35.3. The van der Waals surface area contributed by atoms with E-state index in [1.54, 1.807) is 6.21 Å². The van der Waals surface area contributed by atoms with Crippen molar-refractivity contribution < 1.29 is 0 Å². The van der Waals surface area contributed by atoms with Crippen LogP contribution in [-0.4, -0.2) is 6.21 Å². The highest BCUT2D eigenvalue weighted by atomic mass is 14.7. The zero-order chi connectivity index (χ0) is 10.6. The number of hydrogen-bond acceptors (Lipinski definition) is 1. The second kappa shape index (κ2) is 16.6. The van der Waals surface area contributed by atoms with Crippen LogP contribution in [0.25, 0.3) is 0 Å². The Hall–Kier alpha value is -0.850. The molecule has 0 rings (SSSR count). The lowest BCUT2D eigenvalue weighted by molar-refractivity contribution is 1.33. The Morgan fingerprint density at radius 2 is 1.33 bits per heavy atom. The SMILES string of the molecule is C=C(C)C=NC(=C)C.CC.CC. The molecule has 1 heteroatoms. The Morgan fingerprint density at radius 3 is 1.42 bits per heavy atom. The maximum absolute atomic E-state index is 3.91. The summed E-state index contributed by atoms with van der Waals surface area (Å²) in [5.74, 6) is 0. The van der Waals surface area contributed by atoms with E-state index in [-0.39, 0.29) is 0 Å². The number of allylic oxidation sites excluding steroid dienone is 2. The number of rotatable bonds is 2. The summed E-state index contributed by atoms with van der Waals surface area (Å²) in [5, 5.41) is 0. The summed E-state index contributed by atoms with van der Waals surface area (Å²) in [4.78, 5) is 3.91. The highest BCUT2D eigenvalue weighted by Gasteiger charge is 1.73. The fraction of sp³-hybridized carbons (Fsp3) is 0.545. The van der Waals surface area contributed by atoms with Crippen LogP contribution >= 0.6 is 0 Å². The average molecular weight is 169 g/mol. The van der Waals surface area contributed by atoms with Gasteiger partial charge in [-0.3, -0.25) is 4.99 Å². The highest BCUT2D eigenvalue weighted by Crippen LogP contribution is 1.88. The van der Waals surface area contributed by atoms with Crippen molar-refractivity contribution in [3.05, 3.63) is 24.4 Å². The van der Waals surface area contributed by atoms with Gasteiger partial charge in [0.25, 0.3) is 0 Å². The van der Waals surface area contributed by atoms with E-state index < -0.39 is 0 Å². The predicted molar refractivity (Wildman–Crippen MR) is 60.8 cm³/mol. The molecule has 0 spiro atoms. The van der Waals surface area contributed by atoms with Gasteiger partial charge in [-0.2, -0.15) is 0 Å². The Labute approximate surface area is 77.9 Å². The van der Waals surface area contributed by atoms with Crippen molar-refractivity contribution in [2.24, 2.45) is 4.99 Å². The first-order chi connectivity index (χ1) is 5.63. The molecule has 0 radical (unpaired) electrons. The van der Waals surface area contributed by atoms with E-state index in [0.29, 0.717) is 0 Å². The minimum atomic E-state index is 0.813. The average Bonchev–Trinajstić information content (AvgIpc) is 2.08. The molecule has 0 N–H and O–H groups in total. The van der Waals surface area contributed by atoms with Crippen molar-refractivity contribution in [1.82, 2.24) is 0 Å². The summed E-state index contributed by atoms with van der Waals surface area (Å²) in [7, 11) is 0. The molecule has 0 saturated carbocycles. The van der Waals surface area contributed by atoms with Gasteiger partial charge in [0.15, 0.2) is 0 Å². The monoisotopic (exact) mass is 169 g/mol. The van der Waals surface area contributed by atoms with Gasteiger partial charge < -0.3 is 0 Å². The van der Waals surface area contributed by atoms with Crippen molar-refractivity contribution in [3.63, 3.8) is 0 Å². The van der Waals surface area contributed by atoms with Gasteiger partial charge in [0.05, 0.1) is 0 Å². The van der Waals surface area contributed by atoms with Gasteiger partial charge in [0, 0.05) is 11.9 Å². The van der Waals surface area contributed by atoms with E-state index in [4.69, 9.17) is 0 Å². The Bertz CT molecular complexity index is 116. The molecular weight excluding hydrogens is 146 g/mol. The van der Waals surface area contributed by atoms with Gasteiger partial charge in [0.2, 0.25) is 0 Å². The van der Waals surface area contributed by atoms with Crippen LogP contribution in [0, 0.1) is 0 Å². The van der Waals surface area contributed by atoms with E-state index in [1.807, 2.05) is 41.5 Å². The van der Waals surface area contributed by atoms with Crippen molar-refractivity contribution in [1.29, 1.82) is 0 Å². The molecule has 1 nitrogen and oxygen atoms in total. The van der Waals surface area contributed by atoms with Gasteiger partial charge in [-0.15, -0.1) is 0 Å². The summed E-state index contributed by atoms with van der Waals surface area (Å²) >= 11 is 0. The number of hydrogen-bond donors (Lipinski definition) is 0. The molecule has 0 amide bonds. The maximum Gasteiger partial charge on any atom is 0.0301 e. The first-order valence-electron chi connectivity index (χ1n) is 4.48. The molecule has 0 unspecified atom stereocenters. The molecule has 0 saturated heterocycles. The molecule has 0 aromatic rings. The fourth-order valence-electron chi connectivity index (χ4n) is 0.220. The minimum absolute atomic E-state index is 0.813. The first-order valence-corrected chi connectivity index (χ1v) is 4.48. The van der Waals surface area contributed by atoms with Gasteiger partial charge in [-0.1, -0.05) is 40.9 Å². The normalized spacial score (nSPS) is 7.50. The quantitative estimate of drug-likeness (QED) is 0.549. The number of aliphatic imine (C=N–C) groups is 1. The molecule has 0 heterocycles. The molecule has 72 valence electrons. The Kier molecular flexibility index (Phi) is 24.0. The number of nitrogens with zero attached hydrogens (tertiary/aromatic N) is 1. The van der Waals surface area contributed by atoms with Crippen LogP contribution in [-0.2, 0) is 0 Å². The largest absolute Gasteiger partial charge is 0.262 e. The third-order valence-corrected chi connectivity index (χ3v) is 0.505. The highest BCUT2D eigenvalue weighted by molar-refractivity contribution is 5.77. The van der Waals surface area contributed by atoms with Crippen LogP contribution in [0.2, 0.25) is 0 Å². The van der Waals surface area contributed by atoms with Crippen LogP contribution in [0.1, 0.15) is 41.5 Å². The molecule has 0 aromatic carbocycles. The van der Waals surface area contributed by atoms with Crippen LogP contribution in [0.3, 0.4) is 0 Å². The van der Waals surface area contributed by atoms with Crippen LogP contribution < -0.4 is 0 Å². The first kappa shape index (κ1) is 17.3. The zero-order valence-corrected chi connectivity index (χ0v) is 9.44. The topological polar surface area (TPSA) is 12.4 Å². The van der Waals surface area contributed by atoms with Crippen LogP contribution in [0.4, 0.5) is 0 Å². The van der Waals surface area contributed by atoms with Crippen molar-refractivity contribution >= 4 is 6.21 Å². The van der Waals surface area contributed by atoms with Crippen LogP contribution in [0.5, 0.6) is 0 Å². The third-order valence-electron chi connectivity index (χ3n) is 0.505. The molecule has 0 bridgehead atoms. The predicted octanol–water partition coefficient (Wildman–Crippen LogP) is 4.22. The molecule has 0 aliphatic rings. The summed E-state index contributed by atoms with van der Waals surface area (Å²) < 4.78 is 0. The Morgan fingerprint density at radius 1 is 1.00 bits per heavy atom. The van der Waals surface area contributed by atoms with Crippen molar-refractivity contribution in [3.8, 4) is 0 Å². The van der Waals surface area contributed by atoms with Crippen molar-refractivity contribution in [2.45, 2.75) is 41.5 Å². The molecule has 12 heavy (non-hydrogen) atoms. The second-order valence-corrected chi connectivity index (χ2v) is 1.84. The van der Waals surface area contributed by atoms with Gasteiger partial charge in [-0.25, -0.2) is 0 Å². The standard InChI is InChI=1S/C7H11N.2C2H6/c1-6(2)5-8-7(3)4;2*1-2/h5H,1,3H2,2,4H3;2*1-2H3. The second-order valence-electron chi connectivity index (χ2n) is 1.84. The lowest BCUT2D eigenvalue weighted by Gasteiger charge is -1.84.